The molecule has 3 rings (SSSR count). The smallest absolute Gasteiger partial charge is 0.192 e. The van der Waals surface area contributed by atoms with Gasteiger partial charge in [0.25, 0.3) is 0 Å². The summed E-state index contributed by atoms with van der Waals surface area (Å²) in [5.41, 5.74) is 2.39. The minimum atomic E-state index is 0.0888. The zero-order valence-electron chi connectivity index (χ0n) is 10.4. The van der Waals surface area contributed by atoms with Gasteiger partial charge in [0.15, 0.2) is 8.46 Å². The first-order valence-corrected chi connectivity index (χ1v) is 7.07. The second-order valence-corrected chi connectivity index (χ2v) is 5.20. The third-order valence-corrected chi connectivity index (χ3v) is 3.98. The molecule has 2 heteroatoms. The van der Waals surface area contributed by atoms with E-state index < -0.39 is 0 Å². The Labute approximate surface area is 114 Å². The highest BCUT2D eigenvalue weighted by Gasteiger charge is 2.05. The maximum absolute atomic E-state index is 11.2. The normalized spacial score (nSPS) is 10.9. The van der Waals surface area contributed by atoms with Crippen molar-refractivity contribution in [1.82, 2.24) is 0 Å². The van der Waals surface area contributed by atoms with Gasteiger partial charge in [-0.25, -0.2) is 0 Å². The van der Waals surface area contributed by atoms with Crippen LogP contribution in [0, 0.1) is 0 Å². The molecule has 0 unspecified atom stereocenters. The quantitative estimate of drug-likeness (QED) is 0.643. The van der Waals surface area contributed by atoms with Crippen molar-refractivity contribution in [3.05, 3.63) is 77.9 Å². The van der Waals surface area contributed by atoms with Crippen LogP contribution in [0.15, 0.2) is 66.7 Å². The maximum atomic E-state index is 11.2. The molecule has 3 aromatic rings. The number of hydrogen-bond acceptors (Lipinski definition) is 1. The molecule has 0 aliphatic carbocycles. The molecule has 92 valence electrons. The molecule has 0 amide bonds. The summed E-state index contributed by atoms with van der Waals surface area (Å²) in [6, 6.07) is 22.6. The summed E-state index contributed by atoms with van der Waals surface area (Å²) in [5, 5.41) is 3.38. The Morgan fingerprint density at radius 3 is 2.32 bits per heavy atom. The number of rotatable bonds is 3. The number of benzene rings is 3. The van der Waals surface area contributed by atoms with E-state index in [2.05, 4.69) is 42.5 Å². The van der Waals surface area contributed by atoms with Crippen molar-refractivity contribution in [2.45, 2.75) is 6.42 Å². The van der Waals surface area contributed by atoms with Gasteiger partial charge >= 0.3 is 0 Å². The van der Waals surface area contributed by atoms with Crippen molar-refractivity contribution >= 4 is 24.5 Å². The lowest BCUT2D eigenvalue weighted by Gasteiger charge is -2.08. The average Bonchev–Trinajstić information content (AvgIpc) is 2.48. The van der Waals surface area contributed by atoms with Crippen LogP contribution in [0.3, 0.4) is 0 Å². The van der Waals surface area contributed by atoms with Crippen molar-refractivity contribution in [3.8, 4) is 0 Å². The SMILES string of the molecule is O=Pc1ccccc1Cc1cccc2ccccc12. The van der Waals surface area contributed by atoms with Crippen LogP contribution in [0.5, 0.6) is 0 Å². The van der Waals surface area contributed by atoms with Crippen molar-refractivity contribution in [3.63, 3.8) is 0 Å². The van der Waals surface area contributed by atoms with Crippen LogP contribution in [-0.2, 0) is 11.0 Å². The molecule has 0 heterocycles. The first-order chi connectivity index (χ1) is 9.38. The molecule has 0 fully saturated rings. The number of hydrogen-bond donors (Lipinski definition) is 0. The summed E-state index contributed by atoms with van der Waals surface area (Å²) in [4.78, 5) is 0. The van der Waals surface area contributed by atoms with Gasteiger partial charge in [0.1, 0.15) is 0 Å². The summed E-state index contributed by atoms with van der Waals surface area (Å²) >= 11 is 0. The Bertz CT molecular complexity index is 729. The largest absolute Gasteiger partial charge is 0.269 e. The molecule has 0 saturated carbocycles. The van der Waals surface area contributed by atoms with E-state index >= 15 is 0 Å². The van der Waals surface area contributed by atoms with Gasteiger partial charge in [-0.3, -0.25) is 4.57 Å². The van der Waals surface area contributed by atoms with Gasteiger partial charge in [-0.15, -0.1) is 0 Å². The monoisotopic (exact) mass is 264 g/mol. The molecular formula is C17H13OP. The Morgan fingerprint density at radius 1 is 0.737 bits per heavy atom. The van der Waals surface area contributed by atoms with E-state index in [-0.39, 0.29) is 8.46 Å². The van der Waals surface area contributed by atoms with Crippen LogP contribution >= 0.6 is 8.46 Å². The van der Waals surface area contributed by atoms with Crippen LogP contribution in [-0.4, -0.2) is 0 Å². The van der Waals surface area contributed by atoms with Gasteiger partial charge in [0.2, 0.25) is 0 Å². The van der Waals surface area contributed by atoms with Crippen LogP contribution < -0.4 is 5.30 Å². The van der Waals surface area contributed by atoms with Gasteiger partial charge in [-0.2, -0.15) is 0 Å². The van der Waals surface area contributed by atoms with Crippen molar-refractivity contribution < 1.29 is 4.57 Å². The fourth-order valence-corrected chi connectivity index (χ4v) is 2.82. The van der Waals surface area contributed by atoms with Crippen molar-refractivity contribution in [1.29, 1.82) is 0 Å². The molecule has 0 saturated heterocycles. The van der Waals surface area contributed by atoms with Gasteiger partial charge in [0.05, 0.1) is 0 Å². The topological polar surface area (TPSA) is 17.1 Å². The van der Waals surface area contributed by atoms with Gasteiger partial charge in [-0.05, 0) is 34.4 Å². The summed E-state index contributed by atoms with van der Waals surface area (Å²) < 4.78 is 11.2. The first kappa shape index (κ1) is 12.1. The highest BCUT2D eigenvalue weighted by Crippen LogP contribution is 2.21. The molecule has 0 spiro atoms. The molecule has 0 bridgehead atoms. The third-order valence-electron chi connectivity index (χ3n) is 3.35. The molecule has 0 N–H and O–H groups in total. The Hall–Kier alpha value is -1.98. The average molecular weight is 264 g/mol. The standard InChI is InChI=1S/C17H13OP/c18-19-17-11-4-2-7-15(17)12-14-9-5-8-13-6-1-3-10-16(13)14/h1-11H,12H2. The zero-order valence-corrected chi connectivity index (χ0v) is 11.3. The van der Waals surface area contributed by atoms with Gasteiger partial charge in [-0.1, -0.05) is 60.7 Å². The lowest BCUT2D eigenvalue weighted by Crippen LogP contribution is -2.02. The van der Waals surface area contributed by atoms with Crippen LogP contribution in [0.2, 0.25) is 0 Å². The van der Waals surface area contributed by atoms with E-state index in [0.717, 1.165) is 17.3 Å². The Balaban J connectivity index is 2.08. The van der Waals surface area contributed by atoms with E-state index in [1.807, 2.05) is 24.3 Å². The molecule has 0 aliphatic rings. The van der Waals surface area contributed by atoms with E-state index in [9.17, 15) is 4.57 Å². The van der Waals surface area contributed by atoms with E-state index in [1.54, 1.807) is 0 Å². The van der Waals surface area contributed by atoms with Crippen LogP contribution in [0.1, 0.15) is 11.1 Å². The number of fused-ring (bicyclic) bond motifs is 1. The van der Waals surface area contributed by atoms with E-state index in [4.69, 9.17) is 0 Å². The molecule has 0 radical (unpaired) electrons. The van der Waals surface area contributed by atoms with Crippen molar-refractivity contribution in [2.75, 3.05) is 0 Å². The Kier molecular flexibility index (Phi) is 3.39. The van der Waals surface area contributed by atoms with E-state index in [1.165, 1.54) is 16.3 Å². The molecular weight excluding hydrogens is 251 g/mol. The molecule has 0 aliphatic heterocycles. The lowest BCUT2D eigenvalue weighted by atomic mass is 9.98. The predicted octanol–water partition coefficient (Wildman–Crippen LogP) is 4.35. The molecule has 19 heavy (non-hydrogen) atoms. The fourth-order valence-electron chi connectivity index (χ4n) is 2.40. The molecule has 3 aromatic carbocycles. The highest BCUT2D eigenvalue weighted by atomic mass is 31.1. The van der Waals surface area contributed by atoms with Crippen LogP contribution in [0.25, 0.3) is 10.8 Å². The van der Waals surface area contributed by atoms with Gasteiger partial charge < -0.3 is 0 Å². The molecule has 1 nitrogen and oxygen atoms in total. The third kappa shape index (κ3) is 2.43. The summed E-state index contributed by atoms with van der Waals surface area (Å²) in [6.45, 7) is 0. The zero-order chi connectivity index (χ0) is 13.1. The van der Waals surface area contributed by atoms with Gasteiger partial charge in [0, 0.05) is 5.30 Å². The Morgan fingerprint density at radius 2 is 1.42 bits per heavy atom. The minimum absolute atomic E-state index is 0.0888. The van der Waals surface area contributed by atoms with Crippen LogP contribution in [0.4, 0.5) is 0 Å². The maximum Gasteiger partial charge on any atom is 0.192 e. The lowest BCUT2D eigenvalue weighted by molar-refractivity contribution is 0.603. The summed E-state index contributed by atoms with van der Waals surface area (Å²) in [6.07, 6.45) is 0.812. The highest BCUT2D eigenvalue weighted by molar-refractivity contribution is 7.34. The summed E-state index contributed by atoms with van der Waals surface area (Å²) in [5.74, 6) is 0. The summed E-state index contributed by atoms with van der Waals surface area (Å²) in [7, 11) is 0.0888. The van der Waals surface area contributed by atoms with E-state index in [0.29, 0.717) is 0 Å². The second-order valence-electron chi connectivity index (χ2n) is 4.54. The molecule has 0 atom stereocenters. The second kappa shape index (κ2) is 5.34. The molecule has 0 aromatic heterocycles. The predicted molar refractivity (Wildman–Crippen MR) is 80.4 cm³/mol. The first-order valence-electron chi connectivity index (χ1n) is 6.26. The fraction of sp³-hybridized carbons (Fsp3) is 0.0588. The minimum Gasteiger partial charge on any atom is -0.269 e. The van der Waals surface area contributed by atoms with Crippen molar-refractivity contribution in [2.24, 2.45) is 0 Å².